The summed E-state index contributed by atoms with van der Waals surface area (Å²) < 4.78 is 13.8. The first kappa shape index (κ1) is 16.1. The van der Waals surface area contributed by atoms with E-state index >= 15 is 0 Å². The zero-order valence-corrected chi connectivity index (χ0v) is 14.0. The number of carboxylic acid groups (broad SMARTS) is 1. The van der Waals surface area contributed by atoms with Gasteiger partial charge >= 0.3 is 5.97 Å². The third-order valence-electron chi connectivity index (χ3n) is 4.32. The smallest absolute Gasteiger partial charge is 0.335 e. The molecular weight excluding hydrogens is 361 g/mol. The Hall–Kier alpha value is -1.72. The number of benzene rings is 2. The van der Waals surface area contributed by atoms with Gasteiger partial charge in [-0.15, -0.1) is 0 Å². The zero-order chi connectivity index (χ0) is 16.4. The Morgan fingerprint density at radius 3 is 2.74 bits per heavy atom. The molecule has 0 radical (unpaired) electrons. The minimum atomic E-state index is -0.905. The SMILES string of the molecule is O=C(O)c1cccc(CNC2CC(c3ccc(F)c(Br)c3)C2)c1. The molecule has 0 amide bonds. The van der Waals surface area contributed by atoms with Crippen LogP contribution in [0.3, 0.4) is 0 Å². The fourth-order valence-electron chi connectivity index (χ4n) is 2.90. The normalized spacial score (nSPS) is 20.1. The van der Waals surface area contributed by atoms with Gasteiger partial charge in [-0.3, -0.25) is 0 Å². The summed E-state index contributed by atoms with van der Waals surface area (Å²) >= 11 is 3.22. The lowest BCUT2D eigenvalue weighted by Gasteiger charge is -2.36. The third kappa shape index (κ3) is 3.79. The van der Waals surface area contributed by atoms with Crippen LogP contribution in [0.4, 0.5) is 4.39 Å². The Kier molecular flexibility index (Phi) is 4.78. The number of carboxylic acids is 1. The second-order valence-corrected chi connectivity index (χ2v) is 6.78. The molecule has 0 spiro atoms. The lowest BCUT2D eigenvalue weighted by molar-refractivity contribution is 0.0696. The first-order valence-electron chi connectivity index (χ1n) is 7.53. The van der Waals surface area contributed by atoms with E-state index in [0.29, 0.717) is 28.5 Å². The van der Waals surface area contributed by atoms with Gasteiger partial charge in [0.15, 0.2) is 0 Å². The van der Waals surface area contributed by atoms with Crippen molar-refractivity contribution in [2.75, 3.05) is 0 Å². The molecule has 1 aliphatic carbocycles. The van der Waals surface area contributed by atoms with Crippen LogP contribution in [0.1, 0.15) is 40.2 Å². The van der Waals surface area contributed by atoms with E-state index in [-0.39, 0.29) is 5.82 Å². The third-order valence-corrected chi connectivity index (χ3v) is 4.93. The van der Waals surface area contributed by atoms with E-state index in [1.807, 2.05) is 18.2 Å². The van der Waals surface area contributed by atoms with Crippen LogP contribution in [0.15, 0.2) is 46.9 Å². The maximum atomic E-state index is 13.3. The molecule has 2 N–H and O–H groups in total. The lowest BCUT2D eigenvalue weighted by Crippen LogP contribution is -2.39. The van der Waals surface area contributed by atoms with Crippen molar-refractivity contribution < 1.29 is 14.3 Å². The van der Waals surface area contributed by atoms with Gasteiger partial charge in [0, 0.05) is 12.6 Å². The highest BCUT2D eigenvalue weighted by Crippen LogP contribution is 2.38. The summed E-state index contributed by atoms with van der Waals surface area (Å²) in [6.45, 7) is 0.658. The number of nitrogens with one attached hydrogen (secondary N) is 1. The van der Waals surface area contributed by atoms with Crippen molar-refractivity contribution in [3.63, 3.8) is 0 Å². The number of hydrogen-bond donors (Lipinski definition) is 2. The second kappa shape index (κ2) is 6.81. The van der Waals surface area contributed by atoms with E-state index in [1.54, 1.807) is 18.2 Å². The summed E-state index contributed by atoms with van der Waals surface area (Å²) in [5.41, 5.74) is 2.44. The van der Waals surface area contributed by atoms with Crippen LogP contribution in [-0.4, -0.2) is 17.1 Å². The predicted octanol–water partition coefficient (Wildman–Crippen LogP) is 4.32. The molecule has 0 atom stereocenters. The molecule has 5 heteroatoms. The lowest BCUT2D eigenvalue weighted by atomic mass is 9.76. The molecule has 1 aliphatic rings. The molecule has 2 aromatic carbocycles. The maximum absolute atomic E-state index is 13.3. The van der Waals surface area contributed by atoms with E-state index in [1.165, 1.54) is 6.07 Å². The van der Waals surface area contributed by atoms with Crippen molar-refractivity contribution in [3.05, 3.63) is 69.4 Å². The fraction of sp³-hybridized carbons (Fsp3) is 0.278. The van der Waals surface area contributed by atoms with Gasteiger partial charge in [0.1, 0.15) is 5.82 Å². The molecule has 0 aliphatic heterocycles. The van der Waals surface area contributed by atoms with Gasteiger partial charge in [0.25, 0.3) is 0 Å². The van der Waals surface area contributed by atoms with Crippen LogP contribution < -0.4 is 5.32 Å². The van der Waals surface area contributed by atoms with Crippen LogP contribution >= 0.6 is 15.9 Å². The fourth-order valence-corrected chi connectivity index (χ4v) is 3.30. The van der Waals surface area contributed by atoms with Crippen LogP contribution in [0, 0.1) is 5.82 Å². The van der Waals surface area contributed by atoms with Gasteiger partial charge in [0.2, 0.25) is 0 Å². The number of carbonyl (C=O) groups is 1. The van der Waals surface area contributed by atoms with Crippen molar-refractivity contribution in [2.24, 2.45) is 0 Å². The van der Waals surface area contributed by atoms with Crippen molar-refractivity contribution in [2.45, 2.75) is 31.3 Å². The van der Waals surface area contributed by atoms with E-state index in [9.17, 15) is 9.18 Å². The molecule has 23 heavy (non-hydrogen) atoms. The molecule has 3 nitrogen and oxygen atoms in total. The van der Waals surface area contributed by atoms with Crippen molar-refractivity contribution >= 4 is 21.9 Å². The average Bonchev–Trinajstić information content (AvgIpc) is 2.49. The van der Waals surface area contributed by atoms with Gasteiger partial charge in [-0.05, 0) is 70.1 Å². The van der Waals surface area contributed by atoms with Crippen LogP contribution in [0.2, 0.25) is 0 Å². The standard InChI is InChI=1S/C18H17BrFNO2/c19-16-9-12(4-5-17(16)20)14-7-15(8-14)21-10-11-2-1-3-13(6-11)18(22)23/h1-6,9,14-15,21H,7-8,10H2,(H,22,23). The minimum absolute atomic E-state index is 0.235. The zero-order valence-electron chi connectivity index (χ0n) is 12.4. The number of hydrogen-bond acceptors (Lipinski definition) is 2. The van der Waals surface area contributed by atoms with Crippen LogP contribution in [0.5, 0.6) is 0 Å². The Bertz CT molecular complexity index is 729. The topological polar surface area (TPSA) is 49.3 Å². The highest BCUT2D eigenvalue weighted by molar-refractivity contribution is 9.10. The van der Waals surface area contributed by atoms with E-state index < -0.39 is 5.97 Å². The van der Waals surface area contributed by atoms with Crippen LogP contribution in [-0.2, 0) is 6.54 Å². The Balaban J connectivity index is 1.51. The monoisotopic (exact) mass is 377 g/mol. The largest absolute Gasteiger partial charge is 0.478 e. The minimum Gasteiger partial charge on any atom is -0.478 e. The summed E-state index contributed by atoms with van der Waals surface area (Å²) in [5, 5.41) is 12.4. The van der Waals surface area contributed by atoms with E-state index in [4.69, 9.17) is 5.11 Å². The highest BCUT2D eigenvalue weighted by atomic mass is 79.9. The molecule has 2 aromatic rings. The van der Waals surface area contributed by atoms with Gasteiger partial charge in [0.05, 0.1) is 10.0 Å². The van der Waals surface area contributed by atoms with E-state index in [0.717, 1.165) is 24.0 Å². The van der Waals surface area contributed by atoms with Crippen molar-refractivity contribution in [1.82, 2.24) is 5.32 Å². The Labute approximate surface area is 142 Å². The quantitative estimate of drug-likeness (QED) is 0.815. The molecular formula is C18H17BrFNO2. The van der Waals surface area contributed by atoms with Gasteiger partial charge in [-0.1, -0.05) is 18.2 Å². The van der Waals surface area contributed by atoms with Crippen molar-refractivity contribution in [1.29, 1.82) is 0 Å². The summed E-state index contributed by atoms with van der Waals surface area (Å²) in [5.74, 6) is -0.687. The second-order valence-electron chi connectivity index (χ2n) is 5.93. The summed E-state index contributed by atoms with van der Waals surface area (Å²) in [6, 6.07) is 12.6. The molecule has 0 aromatic heterocycles. The van der Waals surface area contributed by atoms with Gasteiger partial charge in [-0.2, -0.15) is 0 Å². The summed E-state index contributed by atoms with van der Waals surface area (Å²) in [7, 11) is 0. The molecule has 3 rings (SSSR count). The molecule has 0 bridgehead atoms. The molecule has 1 fully saturated rings. The number of halogens is 2. The Morgan fingerprint density at radius 1 is 1.26 bits per heavy atom. The van der Waals surface area contributed by atoms with E-state index in [2.05, 4.69) is 21.2 Å². The van der Waals surface area contributed by atoms with Gasteiger partial charge < -0.3 is 10.4 Å². The molecule has 1 saturated carbocycles. The molecule has 0 unspecified atom stereocenters. The Morgan fingerprint density at radius 2 is 2.04 bits per heavy atom. The predicted molar refractivity (Wildman–Crippen MR) is 90.1 cm³/mol. The average molecular weight is 378 g/mol. The first-order valence-corrected chi connectivity index (χ1v) is 8.33. The first-order chi connectivity index (χ1) is 11.0. The number of aromatic carboxylic acids is 1. The molecule has 0 heterocycles. The molecule has 0 saturated heterocycles. The summed E-state index contributed by atoms with van der Waals surface area (Å²) in [6.07, 6.45) is 2.02. The number of rotatable bonds is 5. The maximum Gasteiger partial charge on any atom is 0.335 e. The molecule has 120 valence electrons. The highest BCUT2D eigenvalue weighted by Gasteiger charge is 2.30. The summed E-state index contributed by atoms with van der Waals surface area (Å²) in [4.78, 5) is 11.0. The van der Waals surface area contributed by atoms with Gasteiger partial charge in [-0.25, -0.2) is 9.18 Å². The van der Waals surface area contributed by atoms with Crippen molar-refractivity contribution in [3.8, 4) is 0 Å². The van der Waals surface area contributed by atoms with Crippen LogP contribution in [0.25, 0.3) is 0 Å².